The van der Waals surface area contributed by atoms with Crippen molar-refractivity contribution in [2.75, 3.05) is 42.6 Å². The summed E-state index contributed by atoms with van der Waals surface area (Å²) in [5.41, 5.74) is 0.0865. The van der Waals surface area contributed by atoms with Crippen molar-refractivity contribution in [3.05, 3.63) is 65.2 Å². The molecule has 2 aliphatic rings. The summed E-state index contributed by atoms with van der Waals surface area (Å²) in [6, 6.07) is 2.44. The number of ether oxygens (including phenoxy) is 1. The van der Waals surface area contributed by atoms with Crippen molar-refractivity contribution in [3.63, 3.8) is 0 Å². The first-order chi connectivity index (χ1) is 18.8. The lowest BCUT2D eigenvalue weighted by Gasteiger charge is -2.35. The molecule has 0 bridgehead atoms. The fraction of sp³-hybridized carbons (Fsp3) is 0.400. The fourth-order valence-electron chi connectivity index (χ4n) is 4.96. The van der Waals surface area contributed by atoms with Gasteiger partial charge in [0, 0.05) is 38.0 Å². The minimum absolute atomic E-state index is 0.0865. The highest BCUT2D eigenvalue weighted by molar-refractivity contribution is 6.30. The molecule has 2 fully saturated rings. The molecule has 0 unspecified atom stereocenters. The quantitative estimate of drug-likeness (QED) is 0.395. The summed E-state index contributed by atoms with van der Waals surface area (Å²) in [7, 11) is 0. The highest BCUT2D eigenvalue weighted by Crippen LogP contribution is 2.32. The monoisotopic (exact) mass is 561 g/mol. The van der Waals surface area contributed by atoms with Gasteiger partial charge < -0.3 is 30.1 Å². The number of nitrogens with one attached hydrogen (secondary N) is 1. The van der Waals surface area contributed by atoms with Crippen LogP contribution in [0, 0.1) is 17.6 Å². The van der Waals surface area contributed by atoms with Gasteiger partial charge in [-0.2, -0.15) is 0 Å². The number of carboxylic acid groups (broad SMARTS) is 1. The molecule has 0 aliphatic carbocycles. The minimum Gasteiger partial charge on any atom is -0.490 e. The van der Waals surface area contributed by atoms with Crippen molar-refractivity contribution >= 4 is 29.6 Å². The van der Waals surface area contributed by atoms with E-state index in [9.17, 15) is 23.8 Å². The van der Waals surface area contributed by atoms with Crippen LogP contribution < -0.4 is 19.9 Å². The predicted octanol–water partition coefficient (Wildman–Crippen LogP) is 2.70. The highest BCUT2D eigenvalue weighted by atomic mass is 35.5. The van der Waals surface area contributed by atoms with Crippen LogP contribution >= 0.6 is 11.6 Å². The number of aromatic nitrogens is 4. The topological polar surface area (TPSA) is 137 Å². The van der Waals surface area contributed by atoms with Crippen molar-refractivity contribution in [2.24, 2.45) is 5.92 Å². The second kappa shape index (κ2) is 11.5. The third kappa shape index (κ3) is 6.25. The lowest BCUT2D eigenvalue weighted by atomic mass is 9.94. The highest BCUT2D eigenvalue weighted by Gasteiger charge is 2.38. The van der Waals surface area contributed by atoms with E-state index in [1.165, 1.54) is 24.8 Å². The smallest absolute Gasteiger partial charge is 0.404 e. The molecule has 206 valence electrons. The summed E-state index contributed by atoms with van der Waals surface area (Å²) in [6.45, 7) is 1.63. The van der Waals surface area contributed by atoms with Crippen LogP contribution in [0.15, 0.2) is 43.0 Å². The zero-order valence-corrected chi connectivity index (χ0v) is 21.4. The number of hydrogen-bond donors (Lipinski definition) is 3. The Hall–Kier alpha value is -3.84. The maximum absolute atomic E-state index is 14.5. The van der Waals surface area contributed by atoms with E-state index < -0.39 is 35.8 Å². The van der Waals surface area contributed by atoms with Crippen molar-refractivity contribution in [1.82, 2.24) is 25.3 Å². The van der Waals surface area contributed by atoms with E-state index in [0.717, 1.165) is 18.2 Å². The van der Waals surface area contributed by atoms with E-state index in [-0.39, 0.29) is 31.2 Å². The van der Waals surface area contributed by atoms with Crippen LogP contribution in [0.25, 0.3) is 0 Å². The van der Waals surface area contributed by atoms with Crippen molar-refractivity contribution < 1.29 is 28.5 Å². The van der Waals surface area contributed by atoms with E-state index in [0.29, 0.717) is 42.2 Å². The van der Waals surface area contributed by atoms with Crippen LogP contribution in [0.4, 0.5) is 25.5 Å². The standard InChI is InChI=1S/C25H26ClF2N7O4/c26-15-6-29-23(30-7-15)34-4-3-14(22(36)12-34)13-39-17-8-31-24(32-9-17)35-10-19(21(11-35)33-25(37)38)18-5-16(27)1-2-20(18)28/h1-2,5-9,14,19,21-22,33,36H,3-4,10-13H2,(H,37,38)/t14-,19+,21-,22+/m0/s1. The van der Waals surface area contributed by atoms with Gasteiger partial charge in [0.05, 0.1) is 48.6 Å². The predicted molar refractivity (Wildman–Crippen MR) is 137 cm³/mol. The molecule has 2 saturated heterocycles. The molecule has 0 radical (unpaired) electrons. The lowest BCUT2D eigenvalue weighted by Crippen LogP contribution is -2.46. The van der Waals surface area contributed by atoms with Gasteiger partial charge >= 0.3 is 6.09 Å². The van der Waals surface area contributed by atoms with Crippen LogP contribution in [0.1, 0.15) is 17.9 Å². The Kier molecular flexibility index (Phi) is 7.89. The summed E-state index contributed by atoms with van der Waals surface area (Å²) < 4.78 is 34.1. The Labute approximate surface area is 227 Å². The van der Waals surface area contributed by atoms with Gasteiger partial charge in [-0.3, -0.25) is 0 Å². The van der Waals surface area contributed by atoms with Crippen LogP contribution in [0.2, 0.25) is 5.02 Å². The Bertz CT molecular complexity index is 1300. The Morgan fingerprint density at radius 3 is 2.44 bits per heavy atom. The molecule has 11 nitrogen and oxygen atoms in total. The third-order valence-corrected chi connectivity index (χ3v) is 7.15. The van der Waals surface area contributed by atoms with E-state index in [1.54, 1.807) is 4.90 Å². The molecule has 4 atom stereocenters. The summed E-state index contributed by atoms with van der Waals surface area (Å²) >= 11 is 5.84. The Morgan fingerprint density at radius 1 is 1.05 bits per heavy atom. The number of amides is 1. The SMILES string of the molecule is O=C(O)N[C@H]1CN(c2ncc(OC[C@@H]3CCN(c4ncc(Cl)cn4)C[C@H]3O)cn2)C[C@@H]1c1cc(F)ccc1F. The first-order valence-electron chi connectivity index (χ1n) is 12.3. The van der Waals surface area contributed by atoms with Gasteiger partial charge in [-0.1, -0.05) is 11.6 Å². The molecule has 39 heavy (non-hydrogen) atoms. The average Bonchev–Trinajstić information content (AvgIpc) is 3.33. The van der Waals surface area contributed by atoms with Crippen molar-refractivity contribution in [3.8, 4) is 5.75 Å². The first kappa shape index (κ1) is 26.8. The summed E-state index contributed by atoms with van der Waals surface area (Å²) in [5, 5.41) is 22.7. The number of β-amino-alcohol motifs (C(OH)–C–C–N with tert-alkyl or cyclic N) is 1. The molecule has 5 rings (SSSR count). The fourth-order valence-corrected chi connectivity index (χ4v) is 5.06. The number of aliphatic hydroxyl groups is 1. The van der Waals surface area contributed by atoms with Crippen LogP contribution in [-0.4, -0.2) is 81.2 Å². The lowest BCUT2D eigenvalue weighted by molar-refractivity contribution is 0.0611. The first-order valence-corrected chi connectivity index (χ1v) is 12.7. The average molecular weight is 562 g/mol. The summed E-state index contributed by atoms with van der Waals surface area (Å²) in [6.07, 6.45) is 4.75. The number of hydrogen-bond acceptors (Lipinski definition) is 9. The number of nitrogens with zero attached hydrogens (tertiary/aromatic N) is 6. The van der Waals surface area contributed by atoms with Gasteiger partial charge in [0.1, 0.15) is 11.6 Å². The second-order valence-corrected chi connectivity index (χ2v) is 9.96. The maximum Gasteiger partial charge on any atom is 0.404 e. The van der Waals surface area contributed by atoms with Crippen molar-refractivity contribution in [2.45, 2.75) is 24.5 Å². The molecule has 0 spiro atoms. The Balaban J connectivity index is 1.19. The van der Waals surface area contributed by atoms with E-state index >= 15 is 0 Å². The van der Waals surface area contributed by atoms with E-state index in [2.05, 4.69) is 25.3 Å². The minimum atomic E-state index is -1.26. The summed E-state index contributed by atoms with van der Waals surface area (Å²) in [4.78, 5) is 32.0. The van der Waals surface area contributed by atoms with Crippen LogP contribution in [-0.2, 0) is 0 Å². The molecule has 2 aromatic heterocycles. The maximum atomic E-state index is 14.5. The number of anilines is 2. The number of halogens is 3. The molecule has 14 heteroatoms. The van der Waals surface area contributed by atoms with Gasteiger partial charge in [-0.25, -0.2) is 33.5 Å². The van der Waals surface area contributed by atoms with Gasteiger partial charge in [0.15, 0.2) is 5.75 Å². The Morgan fingerprint density at radius 2 is 1.74 bits per heavy atom. The van der Waals surface area contributed by atoms with Gasteiger partial charge in [0.2, 0.25) is 11.9 Å². The normalized spacial score (nSPS) is 23.1. The zero-order chi connectivity index (χ0) is 27.5. The second-order valence-electron chi connectivity index (χ2n) is 9.53. The molecule has 4 heterocycles. The number of carbonyl (C=O) groups is 1. The number of aliphatic hydroxyl groups excluding tert-OH is 1. The summed E-state index contributed by atoms with van der Waals surface area (Å²) in [5.74, 6) is -0.758. The third-order valence-electron chi connectivity index (χ3n) is 6.96. The van der Waals surface area contributed by atoms with Gasteiger partial charge in [-0.05, 0) is 30.2 Å². The van der Waals surface area contributed by atoms with Gasteiger partial charge in [0.25, 0.3) is 0 Å². The number of rotatable bonds is 7. The van der Waals surface area contributed by atoms with E-state index in [4.69, 9.17) is 16.3 Å². The molecule has 3 aromatic rings. The molecule has 2 aliphatic heterocycles. The molecule has 1 amide bonds. The number of piperidine rings is 1. The molecule has 0 saturated carbocycles. The number of benzene rings is 1. The molecular formula is C25H26ClF2N7O4. The molecular weight excluding hydrogens is 536 g/mol. The van der Waals surface area contributed by atoms with Gasteiger partial charge in [-0.15, -0.1) is 0 Å². The molecule has 1 aromatic carbocycles. The van der Waals surface area contributed by atoms with Crippen LogP contribution in [0.3, 0.4) is 0 Å². The van der Waals surface area contributed by atoms with Crippen LogP contribution in [0.5, 0.6) is 5.75 Å². The van der Waals surface area contributed by atoms with E-state index in [1.807, 2.05) is 4.90 Å². The molecule has 3 N–H and O–H groups in total. The largest absolute Gasteiger partial charge is 0.490 e. The van der Waals surface area contributed by atoms with Crippen molar-refractivity contribution in [1.29, 1.82) is 0 Å². The zero-order valence-electron chi connectivity index (χ0n) is 20.6.